The van der Waals surface area contributed by atoms with Gasteiger partial charge in [-0.3, -0.25) is 0 Å². The maximum atomic E-state index is 11.2. The van der Waals surface area contributed by atoms with Crippen LogP contribution >= 0.6 is 11.8 Å². The smallest absolute Gasteiger partial charge is 0.0917 e. The molecule has 1 aromatic carbocycles. The topological polar surface area (TPSA) is 25.2 Å². The molecule has 2 unspecified atom stereocenters. The van der Waals surface area contributed by atoms with Crippen molar-refractivity contribution >= 4 is 22.7 Å². The van der Waals surface area contributed by atoms with Crippen LogP contribution in [0.25, 0.3) is 10.9 Å². The molecule has 2 aliphatic rings. The molecular formula is C17H21NOS. The number of rotatable bonds is 1. The molecule has 2 aliphatic heterocycles. The van der Waals surface area contributed by atoms with Crippen LogP contribution in [0.1, 0.15) is 37.7 Å². The number of fused-ring (bicyclic) bond motifs is 3. The van der Waals surface area contributed by atoms with Gasteiger partial charge in [0.05, 0.1) is 5.60 Å². The highest BCUT2D eigenvalue weighted by Gasteiger charge is 2.42. The average Bonchev–Trinajstić information content (AvgIpc) is 2.79. The number of aryl methyl sites for hydroxylation is 1. The van der Waals surface area contributed by atoms with Crippen molar-refractivity contribution in [3.63, 3.8) is 0 Å². The monoisotopic (exact) mass is 287 g/mol. The largest absolute Gasteiger partial charge is 0.385 e. The summed E-state index contributed by atoms with van der Waals surface area (Å²) >= 11 is 2.11. The van der Waals surface area contributed by atoms with Gasteiger partial charge in [-0.1, -0.05) is 12.5 Å². The quantitative estimate of drug-likeness (QED) is 0.862. The van der Waals surface area contributed by atoms with E-state index in [4.69, 9.17) is 0 Å². The first-order chi connectivity index (χ1) is 9.64. The molecule has 0 aliphatic carbocycles. The molecule has 1 N–H and O–H groups in total. The van der Waals surface area contributed by atoms with Crippen molar-refractivity contribution in [1.82, 2.24) is 4.57 Å². The number of nitrogens with zero attached hydrogens (tertiary/aromatic N) is 1. The number of benzene rings is 1. The van der Waals surface area contributed by atoms with E-state index in [9.17, 15) is 5.11 Å². The number of aromatic nitrogens is 1. The van der Waals surface area contributed by atoms with Gasteiger partial charge in [-0.25, -0.2) is 0 Å². The summed E-state index contributed by atoms with van der Waals surface area (Å²) in [6.07, 6.45) is 7.83. The number of aliphatic hydroxyl groups is 1. The number of thioether (sulfide) groups is 1. The van der Waals surface area contributed by atoms with E-state index in [0.29, 0.717) is 10.5 Å². The molecule has 2 atom stereocenters. The van der Waals surface area contributed by atoms with Gasteiger partial charge < -0.3 is 9.67 Å². The fourth-order valence-electron chi connectivity index (χ4n) is 3.93. The summed E-state index contributed by atoms with van der Waals surface area (Å²) in [6.45, 7) is 0. The van der Waals surface area contributed by atoms with Gasteiger partial charge in [0.2, 0.25) is 0 Å². The van der Waals surface area contributed by atoms with E-state index in [1.807, 2.05) is 0 Å². The van der Waals surface area contributed by atoms with Gasteiger partial charge in [-0.15, -0.1) is 0 Å². The van der Waals surface area contributed by atoms with Gasteiger partial charge in [-0.05, 0) is 54.8 Å². The molecule has 106 valence electrons. The summed E-state index contributed by atoms with van der Waals surface area (Å²) in [4.78, 5) is 0. The van der Waals surface area contributed by atoms with Gasteiger partial charge in [0.1, 0.15) is 0 Å². The molecule has 4 rings (SSSR count). The molecule has 1 aromatic heterocycles. The van der Waals surface area contributed by atoms with Crippen molar-refractivity contribution in [3.05, 3.63) is 36.0 Å². The maximum Gasteiger partial charge on any atom is 0.0917 e. The van der Waals surface area contributed by atoms with Crippen molar-refractivity contribution < 1.29 is 5.11 Å². The second-order valence-electron chi connectivity index (χ2n) is 6.45. The Balaban J connectivity index is 1.73. The van der Waals surface area contributed by atoms with E-state index in [1.165, 1.54) is 30.2 Å². The molecule has 0 spiro atoms. The molecular weight excluding hydrogens is 266 g/mol. The van der Waals surface area contributed by atoms with E-state index < -0.39 is 5.60 Å². The molecule has 0 amide bonds. The lowest BCUT2D eigenvalue weighted by molar-refractivity contribution is 0.00825. The summed E-state index contributed by atoms with van der Waals surface area (Å²) in [7, 11) is 2.07. The minimum Gasteiger partial charge on any atom is -0.385 e. The highest BCUT2D eigenvalue weighted by Crippen LogP contribution is 2.49. The Labute approximate surface area is 124 Å². The average molecular weight is 287 g/mol. The Morgan fingerprint density at radius 1 is 1.20 bits per heavy atom. The first-order valence-corrected chi connectivity index (χ1v) is 8.52. The van der Waals surface area contributed by atoms with Crippen LogP contribution in [0.4, 0.5) is 0 Å². The van der Waals surface area contributed by atoms with Crippen LogP contribution in [0.15, 0.2) is 30.5 Å². The summed E-state index contributed by atoms with van der Waals surface area (Å²) in [5, 5.41) is 13.7. The molecule has 20 heavy (non-hydrogen) atoms. The third-order valence-corrected chi connectivity index (χ3v) is 6.56. The SMILES string of the molecule is Cn1ccc2cc(C3(O)CC4CCCC(C3)S4)ccc21. The molecule has 0 radical (unpaired) electrons. The maximum absolute atomic E-state index is 11.2. The van der Waals surface area contributed by atoms with Crippen molar-refractivity contribution in [3.8, 4) is 0 Å². The first kappa shape index (κ1) is 12.8. The van der Waals surface area contributed by atoms with E-state index in [0.717, 1.165) is 18.4 Å². The van der Waals surface area contributed by atoms with Crippen molar-refractivity contribution in [2.24, 2.45) is 7.05 Å². The van der Waals surface area contributed by atoms with Crippen LogP contribution < -0.4 is 0 Å². The zero-order valence-corrected chi connectivity index (χ0v) is 12.7. The third-order valence-electron chi connectivity index (χ3n) is 4.99. The summed E-state index contributed by atoms with van der Waals surface area (Å²) in [5.41, 5.74) is 1.75. The lowest BCUT2D eigenvalue weighted by Crippen LogP contribution is -2.40. The Hall–Kier alpha value is -0.930. The second kappa shape index (κ2) is 4.54. The Morgan fingerprint density at radius 3 is 2.70 bits per heavy atom. The van der Waals surface area contributed by atoms with Crippen LogP contribution in [0.3, 0.4) is 0 Å². The molecule has 3 heteroatoms. The molecule has 2 bridgehead atoms. The Bertz CT molecular complexity index is 635. The molecule has 0 saturated carbocycles. The van der Waals surface area contributed by atoms with Crippen LogP contribution in [0.5, 0.6) is 0 Å². The Morgan fingerprint density at radius 2 is 1.95 bits per heavy atom. The van der Waals surface area contributed by atoms with Crippen LogP contribution in [0.2, 0.25) is 0 Å². The van der Waals surface area contributed by atoms with E-state index in [2.05, 4.69) is 53.8 Å². The fourth-order valence-corrected chi connectivity index (χ4v) is 5.82. The lowest BCUT2D eigenvalue weighted by Gasteiger charge is -2.44. The zero-order valence-electron chi connectivity index (χ0n) is 11.9. The van der Waals surface area contributed by atoms with E-state index in [-0.39, 0.29) is 0 Å². The van der Waals surface area contributed by atoms with Gasteiger partial charge >= 0.3 is 0 Å². The van der Waals surface area contributed by atoms with Crippen molar-refractivity contribution in [2.45, 2.75) is 48.2 Å². The number of hydrogen-bond donors (Lipinski definition) is 1. The van der Waals surface area contributed by atoms with E-state index in [1.54, 1.807) is 0 Å². The minimum atomic E-state index is -0.606. The minimum absolute atomic E-state index is 0.606. The van der Waals surface area contributed by atoms with Crippen LogP contribution in [0, 0.1) is 0 Å². The lowest BCUT2D eigenvalue weighted by atomic mass is 9.80. The summed E-state index contributed by atoms with van der Waals surface area (Å²) in [6, 6.07) is 8.62. The molecule has 3 heterocycles. The predicted octanol–water partition coefficient (Wildman–Crippen LogP) is 3.81. The highest BCUT2D eigenvalue weighted by atomic mass is 32.2. The van der Waals surface area contributed by atoms with Gasteiger partial charge in [0.25, 0.3) is 0 Å². The van der Waals surface area contributed by atoms with E-state index >= 15 is 0 Å². The van der Waals surface area contributed by atoms with Crippen LogP contribution in [-0.2, 0) is 12.6 Å². The van der Waals surface area contributed by atoms with Crippen molar-refractivity contribution in [2.75, 3.05) is 0 Å². The molecule has 2 nitrogen and oxygen atoms in total. The zero-order chi connectivity index (χ0) is 13.7. The van der Waals surface area contributed by atoms with Crippen LogP contribution in [-0.4, -0.2) is 20.2 Å². The molecule has 2 saturated heterocycles. The van der Waals surface area contributed by atoms with Crippen molar-refractivity contribution in [1.29, 1.82) is 0 Å². The Kier molecular flexibility index (Phi) is 2.90. The normalized spacial score (nSPS) is 33.5. The summed E-state index contributed by atoms with van der Waals surface area (Å²) in [5.74, 6) is 0. The standard InChI is InChI=1S/C17H21NOS/c1-18-8-7-12-9-13(5-6-16(12)18)17(19)10-14-3-2-4-15(11-17)20-14/h5-9,14-15,19H,2-4,10-11H2,1H3. The predicted molar refractivity (Wildman–Crippen MR) is 85.1 cm³/mol. The van der Waals surface area contributed by atoms with Gasteiger partial charge in [0, 0.05) is 29.3 Å². The first-order valence-electron chi connectivity index (χ1n) is 7.57. The molecule has 2 fully saturated rings. The summed E-state index contributed by atoms with van der Waals surface area (Å²) < 4.78 is 2.13. The third kappa shape index (κ3) is 1.99. The number of hydrogen-bond acceptors (Lipinski definition) is 2. The van der Waals surface area contributed by atoms with Gasteiger partial charge in [-0.2, -0.15) is 11.8 Å². The second-order valence-corrected chi connectivity index (χ2v) is 8.06. The fraction of sp³-hybridized carbons (Fsp3) is 0.529. The molecule has 2 aromatic rings. The highest BCUT2D eigenvalue weighted by molar-refractivity contribution is 8.00. The van der Waals surface area contributed by atoms with Gasteiger partial charge in [0.15, 0.2) is 0 Å².